The Morgan fingerprint density at radius 1 is 1.41 bits per heavy atom. The third-order valence-electron chi connectivity index (χ3n) is 1.53. The molecule has 0 saturated carbocycles. The second-order valence-corrected chi connectivity index (χ2v) is 2.70. The Bertz CT molecular complexity index is 466. The predicted molar refractivity (Wildman–Crippen MR) is 42.3 cm³/mol. The van der Waals surface area contributed by atoms with Gasteiger partial charge in [0.1, 0.15) is 17.5 Å². The van der Waals surface area contributed by atoms with Gasteiger partial charge in [-0.1, -0.05) is 0 Å². The summed E-state index contributed by atoms with van der Waals surface area (Å²) in [5, 5.41) is 17.4. The third kappa shape index (κ3) is 3.17. The summed E-state index contributed by atoms with van der Waals surface area (Å²) in [5.41, 5.74) is -2.17. The minimum Gasteiger partial charge on any atom is -0.506 e. The molecule has 17 heavy (non-hydrogen) atoms. The van der Waals surface area contributed by atoms with Crippen LogP contribution in [0.25, 0.3) is 0 Å². The standard InChI is InChI=1S/C8H3F5N2O2/c9-7(10)6-4(16)1-5(3(2-14)15-6)17-8(11,12)13/h1,7,16H. The number of hydrogen-bond donors (Lipinski definition) is 1. The number of hydrogen-bond acceptors (Lipinski definition) is 4. The Balaban J connectivity index is 3.25. The van der Waals surface area contributed by atoms with Gasteiger partial charge in [-0.2, -0.15) is 5.26 Å². The van der Waals surface area contributed by atoms with Crippen molar-refractivity contribution < 1.29 is 31.8 Å². The summed E-state index contributed by atoms with van der Waals surface area (Å²) in [6.07, 6.45) is -8.34. The molecule has 0 bridgehead atoms. The quantitative estimate of drug-likeness (QED) is 0.823. The van der Waals surface area contributed by atoms with E-state index in [0.29, 0.717) is 0 Å². The summed E-state index contributed by atoms with van der Waals surface area (Å²) in [4.78, 5) is 2.89. The van der Waals surface area contributed by atoms with Crippen molar-refractivity contribution in [3.63, 3.8) is 0 Å². The van der Waals surface area contributed by atoms with Crippen molar-refractivity contribution in [2.45, 2.75) is 12.8 Å². The van der Waals surface area contributed by atoms with Crippen LogP contribution in [-0.2, 0) is 0 Å². The first-order chi connectivity index (χ1) is 7.74. The molecule has 0 aliphatic rings. The van der Waals surface area contributed by atoms with Gasteiger partial charge in [-0.25, -0.2) is 13.8 Å². The van der Waals surface area contributed by atoms with Crippen LogP contribution in [0.3, 0.4) is 0 Å². The Labute approximate surface area is 90.9 Å². The van der Waals surface area contributed by atoms with Crippen LogP contribution in [0.4, 0.5) is 22.0 Å². The van der Waals surface area contributed by atoms with Gasteiger partial charge in [0.25, 0.3) is 6.43 Å². The van der Waals surface area contributed by atoms with Crippen molar-refractivity contribution in [1.82, 2.24) is 4.98 Å². The molecule has 0 atom stereocenters. The highest BCUT2D eigenvalue weighted by Crippen LogP contribution is 2.33. The molecule has 0 saturated heterocycles. The molecule has 1 aromatic heterocycles. The van der Waals surface area contributed by atoms with E-state index in [1.54, 1.807) is 0 Å². The maximum atomic E-state index is 12.2. The van der Waals surface area contributed by atoms with Crippen LogP contribution in [-0.4, -0.2) is 16.5 Å². The lowest BCUT2D eigenvalue weighted by Gasteiger charge is -2.11. The number of aromatic nitrogens is 1. The van der Waals surface area contributed by atoms with E-state index in [9.17, 15) is 22.0 Å². The average molecular weight is 254 g/mol. The van der Waals surface area contributed by atoms with Gasteiger partial charge < -0.3 is 9.84 Å². The van der Waals surface area contributed by atoms with Crippen LogP contribution in [0.2, 0.25) is 0 Å². The molecule has 0 radical (unpaired) electrons. The lowest BCUT2D eigenvalue weighted by Crippen LogP contribution is -2.18. The zero-order chi connectivity index (χ0) is 13.2. The van der Waals surface area contributed by atoms with E-state index in [0.717, 1.165) is 6.07 Å². The summed E-state index contributed by atoms with van der Waals surface area (Å²) >= 11 is 0. The lowest BCUT2D eigenvalue weighted by molar-refractivity contribution is -0.274. The molecule has 1 rings (SSSR count). The number of alkyl halides is 5. The fourth-order valence-electron chi connectivity index (χ4n) is 0.942. The molecule has 9 heteroatoms. The second kappa shape index (κ2) is 4.40. The van der Waals surface area contributed by atoms with E-state index in [4.69, 9.17) is 10.4 Å². The zero-order valence-electron chi connectivity index (χ0n) is 7.79. The lowest BCUT2D eigenvalue weighted by atomic mass is 10.2. The largest absolute Gasteiger partial charge is 0.573 e. The van der Waals surface area contributed by atoms with Crippen molar-refractivity contribution >= 4 is 0 Å². The van der Waals surface area contributed by atoms with Crippen LogP contribution in [0.1, 0.15) is 17.8 Å². The predicted octanol–water partition coefficient (Wildman–Crippen LogP) is 2.50. The third-order valence-corrected chi connectivity index (χ3v) is 1.53. The van der Waals surface area contributed by atoms with E-state index in [1.807, 2.05) is 0 Å². The topological polar surface area (TPSA) is 66.1 Å². The number of aromatic hydroxyl groups is 1. The molecule has 0 fully saturated rings. The molecule has 0 spiro atoms. The molecular weight excluding hydrogens is 251 g/mol. The summed E-state index contributed by atoms with van der Waals surface area (Å²) < 4.78 is 63.4. The molecule has 4 nitrogen and oxygen atoms in total. The zero-order valence-corrected chi connectivity index (χ0v) is 7.79. The van der Waals surface area contributed by atoms with Gasteiger partial charge in [0.15, 0.2) is 11.4 Å². The van der Waals surface area contributed by atoms with E-state index in [-0.39, 0.29) is 6.07 Å². The monoisotopic (exact) mass is 254 g/mol. The van der Waals surface area contributed by atoms with E-state index in [1.165, 1.54) is 0 Å². The van der Waals surface area contributed by atoms with Gasteiger partial charge in [0, 0.05) is 6.07 Å². The van der Waals surface area contributed by atoms with Gasteiger partial charge >= 0.3 is 6.36 Å². The second-order valence-electron chi connectivity index (χ2n) is 2.70. The number of ether oxygens (including phenoxy) is 1. The Hall–Kier alpha value is -2.11. The molecule has 92 valence electrons. The maximum absolute atomic E-state index is 12.2. The Morgan fingerprint density at radius 3 is 2.41 bits per heavy atom. The number of halogens is 5. The van der Waals surface area contributed by atoms with Crippen LogP contribution in [0, 0.1) is 11.3 Å². The SMILES string of the molecule is N#Cc1nc(C(F)F)c(O)cc1OC(F)(F)F. The van der Waals surface area contributed by atoms with Crippen molar-refractivity contribution in [2.75, 3.05) is 0 Å². The van der Waals surface area contributed by atoms with Crippen molar-refractivity contribution in [2.24, 2.45) is 0 Å². The fraction of sp³-hybridized carbons (Fsp3) is 0.250. The smallest absolute Gasteiger partial charge is 0.506 e. The van der Waals surface area contributed by atoms with E-state index in [2.05, 4.69) is 9.72 Å². The van der Waals surface area contributed by atoms with E-state index >= 15 is 0 Å². The first-order valence-corrected chi connectivity index (χ1v) is 3.92. The number of nitriles is 1. The number of rotatable bonds is 2. The fourth-order valence-corrected chi connectivity index (χ4v) is 0.942. The summed E-state index contributed by atoms with van der Waals surface area (Å²) in [6, 6.07) is 1.42. The van der Waals surface area contributed by atoms with Crippen molar-refractivity contribution in [1.29, 1.82) is 5.26 Å². The van der Waals surface area contributed by atoms with Gasteiger partial charge in [0.05, 0.1) is 0 Å². The van der Waals surface area contributed by atoms with Crippen LogP contribution >= 0.6 is 0 Å². The molecule has 0 aromatic carbocycles. The summed E-state index contributed by atoms with van der Waals surface area (Å²) in [5.74, 6) is -2.32. The highest BCUT2D eigenvalue weighted by molar-refractivity contribution is 5.45. The normalized spacial score (nSPS) is 11.4. The Kier molecular flexibility index (Phi) is 3.36. The summed E-state index contributed by atoms with van der Waals surface area (Å²) in [7, 11) is 0. The Morgan fingerprint density at radius 2 is 2.00 bits per heavy atom. The van der Waals surface area contributed by atoms with Gasteiger partial charge in [-0.3, -0.25) is 0 Å². The molecule has 0 amide bonds. The van der Waals surface area contributed by atoms with Crippen LogP contribution < -0.4 is 4.74 Å². The van der Waals surface area contributed by atoms with Gasteiger partial charge in [-0.05, 0) is 0 Å². The number of pyridine rings is 1. The highest BCUT2D eigenvalue weighted by atomic mass is 19.4. The highest BCUT2D eigenvalue weighted by Gasteiger charge is 2.33. The molecule has 0 aliphatic carbocycles. The maximum Gasteiger partial charge on any atom is 0.573 e. The van der Waals surface area contributed by atoms with Crippen LogP contribution in [0.5, 0.6) is 11.5 Å². The van der Waals surface area contributed by atoms with Gasteiger partial charge in [-0.15, -0.1) is 13.2 Å². The molecule has 0 unspecified atom stereocenters. The first-order valence-electron chi connectivity index (χ1n) is 3.92. The molecular formula is C8H3F5N2O2. The minimum absolute atomic E-state index is 0.264. The molecule has 1 N–H and O–H groups in total. The van der Waals surface area contributed by atoms with Crippen molar-refractivity contribution in [3.05, 3.63) is 17.5 Å². The molecule has 1 aromatic rings. The average Bonchev–Trinajstić information content (AvgIpc) is 2.14. The summed E-state index contributed by atoms with van der Waals surface area (Å²) in [6.45, 7) is 0. The molecule has 1 heterocycles. The molecule has 0 aliphatic heterocycles. The van der Waals surface area contributed by atoms with Gasteiger partial charge in [0.2, 0.25) is 0 Å². The van der Waals surface area contributed by atoms with Crippen LogP contribution in [0.15, 0.2) is 6.07 Å². The minimum atomic E-state index is -5.12. The number of nitrogens with zero attached hydrogens (tertiary/aromatic N) is 2. The van der Waals surface area contributed by atoms with E-state index < -0.39 is 35.7 Å². The first kappa shape index (κ1) is 13.0. The van der Waals surface area contributed by atoms with Crippen molar-refractivity contribution in [3.8, 4) is 17.6 Å².